The van der Waals surface area contributed by atoms with Crippen molar-refractivity contribution >= 4 is 11.1 Å². The van der Waals surface area contributed by atoms with Crippen LogP contribution in [-0.4, -0.2) is 0 Å². The molecule has 0 aliphatic heterocycles. The number of hydrogen-bond acceptors (Lipinski definition) is 0. The van der Waals surface area contributed by atoms with Gasteiger partial charge in [0.15, 0.2) is 0 Å². The minimum absolute atomic E-state index is 1.17. The van der Waals surface area contributed by atoms with Crippen LogP contribution in [0.3, 0.4) is 0 Å². The van der Waals surface area contributed by atoms with Gasteiger partial charge in [-0.3, -0.25) is 0 Å². The molecule has 0 N–H and O–H groups in total. The molecule has 0 aromatic heterocycles. The van der Waals surface area contributed by atoms with Gasteiger partial charge in [-0.25, -0.2) is 0 Å². The minimum Gasteiger partial charge on any atom is -0.0614 e. The molecule has 2 aromatic rings. The molecule has 0 fully saturated rings. The van der Waals surface area contributed by atoms with E-state index in [-0.39, 0.29) is 0 Å². The lowest BCUT2D eigenvalue weighted by Crippen LogP contribution is -1.93. The van der Waals surface area contributed by atoms with E-state index < -0.39 is 0 Å². The molecule has 1 aliphatic carbocycles. The molecule has 0 saturated carbocycles. The van der Waals surface area contributed by atoms with Crippen LogP contribution >= 0.6 is 0 Å². The van der Waals surface area contributed by atoms with Gasteiger partial charge in [0.1, 0.15) is 0 Å². The van der Waals surface area contributed by atoms with Crippen LogP contribution in [0.4, 0.5) is 0 Å². The lowest BCUT2D eigenvalue weighted by molar-refractivity contribution is 0.820. The summed E-state index contributed by atoms with van der Waals surface area (Å²) in [5.41, 5.74) is 9.88. The number of benzene rings is 2. The first kappa shape index (κ1) is 13.2. The van der Waals surface area contributed by atoms with Crippen LogP contribution in [0, 0.1) is 6.92 Å². The Morgan fingerprint density at radius 2 is 1.50 bits per heavy atom. The quantitative estimate of drug-likeness (QED) is 0.593. The molecule has 0 heteroatoms. The Bertz CT molecular complexity index is 674. The van der Waals surface area contributed by atoms with Gasteiger partial charge in [-0.2, -0.15) is 0 Å². The van der Waals surface area contributed by atoms with Crippen molar-refractivity contribution in [3.05, 3.63) is 70.3 Å². The second kappa shape index (κ2) is 5.28. The van der Waals surface area contributed by atoms with Crippen LogP contribution < -0.4 is 0 Å². The first-order chi connectivity index (χ1) is 9.65. The van der Waals surface area contributed by atoms with E-state index >= 15 is 0 Å². The fourth-order valence-corrected chi connectivity index (χ4v) is 3.10. The number of hydrogen-bond donors (Lipinski definition) is 0. The van der Waals surface area contributed by atoms with Gasteiger partial charge in [-0.1, -0.05) is 42.5 Å². The summed E-state index contributed by atoms with van der Waals surface area (Å²) in [6, 6.07) is 16.0. The highest BCUT2D eigenvalue weighted by molar-refractivity contribution is 5.90. The molecule has 0 heterocycles. The van der Waals surface area contributed by atoms with Gasteiger partial charge in [0.05, 0.1) is 0 Å². The first-order valence-electron chi connectivity index (χ1n) is 7.52. The van der Waals surface area contributed by atoms with Crippen LogP contribution in [0.2, 0.25) is 0 Å². The summed E-state index contributed by atoms with van der Waals surface area (Å²) < 4.78 is 0. The van der Waals surface area contributed by atoms with E-state index in [1.165, 1.54) is 58.2 Å². The third kappa shape index (κ3) is 2.43. The molecule has 20 heavy (non-hydrogen) atoms. The zero-order chi connectivity index (χ0) is 14.1. The highest BCUT2D eigenvalue weighted by atomic mass is 14.1. The van der Waals surface area contributed by atoms with Crippen molar-refractivity contribution in [2.24, 2.45) is 0 Å². The van der Waals surface area contributed by atoms with E-state index in [1.54, 1.807) is 0 Å². The second-order valence-corrected chi connectivity index (χ2v) is 5.95. The highest BCUT2D eigenvalue weighted by Crippen LogP contribution is 2.30. The molecule has 3 rings (SSSR count). The largest absolute Gasteiger partial charge is 0.0614 e. The van der Waals surface area contributed by atoms with Crippen molar-refractivity contribution in [1.82, 2.24) is 0 Å². The Morgan fingerprint density at radius 3 is 2.30 bits per heavy atom. The lowest BCUT2D eigenvalue weighted by atomic mass is 9.92. The summed E-state index contributed by atoms with van der Waals surface area (Å²) >= 11 is 0. The van der Waals surface area contributed by atoms with Gasteiger partial charge in [0.25, 0.3) is 0 Å². The number of fused-ring (bicyclic) bond motifs is 4. The molecular weight excluding hydrogens is 240 g/mol. The highest BCUT2D eigenvalue weighted by Gasteiger charge is 2.09. The summed E-state index contributed by atoms with van der Waals surface area (Å²) in [5, 5.41) is 0. The zero-order valence-electron chi connectivity index (χ0n) is 12.7. The Labute approximate surface area is 122 Å². The average Bonchev–Trinajstić information content (AvgIpc) is 2.48. The fraction of sp³-hybridized carbons (Fsp3) is 0.300. The third-order valence-electron chi connectivity index (χ3n) is 4.56. The maximum Gasteiger partial charge on any atom is -0.0192 e. The van der Waals surface area contributed by atoms with E-state index in [0.29, 0.717) is 0 Å². The molecule has 4 bridgehead atoms. The van der Waals surface area contributed by atoms with Gasteiger partial charge in [-0.05, 0) is 79.0 Å². The third-order valence-corrected chi connectivity index (χ3v) is 4.56. The normalized spacial score (nSPS) is 18.6. The molecule has 102 valence electrons. The standard InChI is InChI=1S/C20H22/c1-14-10-11-18-7-4-6-17-8-5-9-19(12-17)15(2)16(3)20(14)13-18/h5,8-13H,4,6-7H2,1-3H3/b16-15-. The predicted octanol–water partition coefficient (Wildman–Crippen LogP) is 5.43. The molecule has 0 amide bonds. The molecular formula is C20H22. The summed E-state index contributed by atoms with van der Waals surface area (Å²) in [6.07, 6.45) is 3.57. The van der Waals surface area contributed by atoms with Gasteiger partial charge < -0.3 is 0 Å². The molecule has 0 atom stereocenters. The van der Waals surface area contributed by atoms with Crippen molar-refractivity contribution in [1.29, 1.82) is 0 Å². The molecule has 0 radical (unpaired) electrons. The Balaban J connectivity index is 2.23. The number of aryl methyl sites for hydroxylation is 3. The van der Waals surface area contributed by atoms with Gasteiger partial charge in [0.2, 0.25) is 0 Å². The maximum absolute atomic E-state index is 2.39. The van der Waals surface area contributed by atoms with Crippen LogP contribution in [0.25, 0.3) is 11.1 Å². The summed E-state index contributed by atoms with van der Waals surface area (Å²) in [4.78, 5) is 0. The van der Waals surface area contributed by atoms with Crippen molar-refractivity contribution < 1.29 is 0 Å². The molecule has 0 unspecified atom stereocenters. The predicted molar refractivity (Wildman–Crippen MR) is 87.8 cm³/mol. The van der Waals surface area contributed by atoms with Gasteiger partial charge in [-0.15, -0.1) is 0 Å². The average molecular weight is 262 g/mol. The molecule has 1 aliphatic rings. The minimum atomic E-state index is 1.17. The molecule has 0 nitrogen and oxygen atoms in total. The first-order valence-corrected chi connectivity index (χ1v) is 7.52. The summed E-state index contributed by atoms with van der Waals surface area (Å²) in [5.74, 6) is 0. The van der Waals surface area contributed by atoms with Gasteiger partial charge in [0, 0.05) is 0 Å². The van der Waals surface area contributed by atoms with Crippen molar-refractivity contribution in [2.75, 3.05) is 0 Å². The Morgan fingerprint density at radius 1 is 0.750 bits per heavy atom. The zero-order valence-corrected chi connectivity index (χ0v) is 12.7. The van der Waals surface area contributed by atoms with Crippen molar-refractivity contribution in [3.8, 4) is 0 Å². The van der Waals surface area contributed by atoms with Crippen LogP contribution in [0.15, 0.2) is 42.5 Å². The van der Waals surface area contributed by atoms with Crippen LogP contribution in [-0.2, 0) is 12.8 Å². The summed E-state index contributed by atoms with van der Waals surface area (Å²) in [6.45, 7) is 6.72. The van der Waals surface area contributed by atoms with Crippen LogP contribution in [0.5, 0.6) is 0 Å². The van der Waals surface area contributed by atoms with E-state index in [0.717, 1.165) is 0 Å². The van der Waals surface area contributed by atoms with E-state index in [2.05, 4.69) is 63.2 Å². The van der Waals surface area contributed by atoms with Crippen molar-refractivity contribution in [3.63, 3.8) is 0 Å². The van der Waals surface area contributed by atoms with Crippen molar-refractivity contribution in [2.45, 2.75) is 40.0 Å². The second-order valence-electron chi connectivity index (χ2n) is 5.95. The fourth-order valence-electron chi connectivity index (χ4n) is 3.10. The van der Waals surface area contributed by atoms with E-state index in [4.69, 9.17) is 0 Å². The maximum atomic E-state index is 2.39. The topological polar surface area (TPSA) is 0 Å². The summed E-state index contributed by atoms with van der Waals surface area (Å²) in [7, 11) is 0. The lowest BCUT2D eigenvalue weighted by Gasteiger charge is -2.13. The van der Waals surface area contributed by atoms with Crippen LogP contribution in [0.1, 0.15) is 48.1 Å². The monoisotopic (exact) mass is 262 g/mol. The van der Waals surface area contributed by atoms with Gasteiger partial charge >= 0.3 is 0 Å². The SMILES string of the molecule is C/C1=C(\C)c2cc(ccc2C)CCCc2cccc1c2. The smallest absolute Gasteiger partial charge is 0.0192 e. The molecule has 0 saturated heterocycles. The molecule has 2 aromatic carbocycles. The Hall–Kier alpha value is -1.82. The number of allylic oxidation sites excluding steroid dienone is 2. The van der Waals surface area contributed by atoms with E-state index in [9.17, 15) is 0 Å². The van der Waals surface area contributed by atoms with E-state index in [1.807, 2.05) is 0 Å². The number of rotatable bonds is 0. The Kier molecular flexibility index (Phi) is 3.48. The molecule has 0 spiro atoms.